The summed E-state index contributed by atoms with van der Waals surface area (Å²) in [5, 5.41) is 0. The number of hydrogen-bond acceptors (Lipinski definition) is 0. The normalized spacial score (nSPS) is 21.8. The Labute approximate surface area is 509 Å². The molecule has 4 aliphatic carbocycles. The molecule has 4 heterocycles. The maximum atomic E-state index is 3.55. The molecule has 4 saturated heterocycles. The smallest absolute Gasteiger partial charge is 1.00 e. The van der Waals surface area contributed by atoms with Gasteiger partial charge in [-0.3, -0.25) is 0 Å². The average Bonchev–Trinajstić information content (AvgIpc) is 4.12. The molecule has 0 amide bonds. The third kappa shape index (κ3) is 9.73. The summed E-state index contributed by atoms with van der Waals surface area (Å²) >= 11 is 0. The van der Waals surface area contributed by atoms with Gasteiger partial charge >= 0.3 is 52.4 Å². The van der Waals surface area contributed by atoms with E-state index >= 15 is 0 Å². The van der Waals surface area contributed by atoms with E-state index in [1.54, 1.807) is 22.3 Å². The van der Waals surface area contributed by atoms with E-state index in [-0.39, 0.29) is 77.2 Å². The van der Waals surface area contributed by atoms with Crippen LogP contribution in [0.1, 0.15) is 92.4 Å². The number of fused-ring (bicyclic) bond motifs is 12. The molecule has 8 heteroatoms. The van der Waals surface area contributed by atoms with Gasteiger partial charge in [0.15, 0.2) is 0 Å². The number of benzene rings is 8. The van der Waals surface area contributed by atoms with Gasteiger partial charge in [0.25, 0.3) is 0 Å². The van der Waals surface area contributed by atoms with Crippen LogP contribution in [-0.4, -0.2) is 32.3 Å². The van der Waals surface area contributed by atoms with Crippen molar-refractivity contribution in [2.75, 3.05) is 0 Å². The molecule has 8 aromatic carbocycles. The number of halogens is 2. The fourth-order valence-electron chi connectivity index (χ4n) is 15.3. The van der Waals surface area contributed by atoms with Crippen molar-refractivity contribution in [2.45, 2.75) is 122 Å². The Morgan fingerprint density at radius 1 is 0.276 bits per heavy atom. The van der Waals surface area contributed by atoms with Crippen LogP contribution in [0.2, 0.25) is 74.5 Å². The first-order valence-electron chi connectivity index (χ1n) is 27.6. The summed E-state index contributed by atoms with van der Waals surface area (Å²) in [6.45, 7) is 10.4. The maximum absolute atomic E-state index is 3.55. The zero-order valence-electron chi connectivity index (χ0n) is 44.7. The van der Waals surface area contributed by atoms with Crippen LogP contribution >= 0.6 is 0 Å². The molecule has 0 aromatic heterocycles. The van der Waals surface area contributed by atoms with E-state index in [9.17, 15) is 0 Å². The summed E-state index contributed by atoms with van der Waals surface area (Å²) in [7, 11) is -4.39. The molecule has 0 bridgehead atoms. The SMILES string of the molecule is C[Si]1(C2c3[c-]cccc3-c3ccccc32)CCC1.C[Si]1(C2c3[c-]cccc3-c3ccccc32)CCC1.C[Si]1(C2c3[c-]cccc3-c3ccccc32)CCC1.C[Si]1(C2c3[c-]cccc3-c3ccccc32)CCC1.[Cl-].[Cl-].[Zr+2].[Zr+2]. The average molecular weight is 1250 g/mol. The molecule has 0 spiro atoms. The van der Waals surface area contributed by atoms with E-state index < -0.39 is 32.3 Å². The number of hydrogen-bond donors (Lipinski definition) is 0. The van der Waals surface area contributed by atoms with Gasteiger partial charge in [0, 0.05) is 0 Å². The van der Waals surface area contributed by atoms with Crippen LogP contribution in [0.15, 0.2) is 170 Å². The van der Waals surface area contributed by atoms with Gasteiger partial charge in [0.1, 0.15) is 0 Å². The monoisotopic (exact) mass is 1250 g/mol. The molecular weight excluding hydrogens is 1180 g/mol. The zero-order valence-corrected chi connectivity index (χ0v) is 55.1. The fourth-order valence-corrected chi connectivity index (χ4v) is 31.2. The van der Waals surface area contributed by atoms with Crippen molar-refractivity contribution < 1.29 is 77.2 Å². The van der Waals surface area contributed by atoms with Crippen molar-refractivity contribution in [2.24, 2.45) is 0 Å². The first-order chi connectivity index (χ1) is 35.2. The van der Waals surface area contributed by atoms with E-state index in [1.165, 1.54) is 141 Å². The van der Waals surface area contributed by atoms with E-state index in [2.05, 4.69) is 220 Å². The largest absolute Gasteiger partial charge is 2.00 e. The van der Waals surface area contributed by atoms with Crippen molar-refractivity contribution in [1.29, 1.82) is 0 Å². The van der Waals surface area contributed by atoms with Gasteiger partial charge < -0.3 is 24.8 Å². The Morgan fingerprint density at radius 2 is 0.461 bits per heavy atom. The van der Waals surface area contributed by atoms with Crippen LogP contribution in [0.3, 0.4) is 0 Å². The summed E-state index contributed by atoms with van der Waals surface area (Å²) < 4.78 is 0. The quantitative estimate of drug-likeness (QED) is 0.122. The van der Waals surface area contributed by atoms with Gasteiger partial charge in [-0.15, -0.1) is 44.5 Å². The molecule has 8 aromatic rings. The second-order valence-electron chi connectivity index (χ2n) is 24.1. The minimum atomic E-state index is -1.10. The van der Waals surface area contributed by atoms with Gasteiger partial charge in [0.05, 0.1) is 32.3 Å². The van der Waals surface area contributed by atoms with Crippen molar-refractivity contribution in [3.63, 3.8) is 0 Å². The minimum Gasteiger partial charge on any atom is -1.00 e. The predicted molar refractivity (Wildman–Crippen MR) is 314 cm³/mol. The Morgan fingerprint density at radius 3 is 0.645 bits per heavy atom. The molecular formula is C68H68Cl2Si4Zr2-2. The second kappa shape index (κ2) is 23.2. The van der Waals surface area contributed by atoms with Crippen molar-refractivity contribution in [3.05, 3.63) is 239 Å². The van der Waals surface area contributed by atoms with Crippen molar-refractivity contribution in [1.82, 2.24) is 0 Å². The van der Waals surface area contributed by atoms with Crippen molar-refractivity contribution >= 4 is 32.3 Å². The van der Waals surface area contributed by atoms with Gasteiger partial charge in [-0.1, -0.05) is 220 Å². The predicted octanol–water partition coefficient (Wildman–Crippen LogP) is 12.5. The Bertz CT molecular complexity index is 2730. The molecule has 4 fully saturated rings. The Hall–Kier alpha value is -3.03. The Balaban J connectivity index is 0.000000122. The summed E-state index contributed by atoms with van der Waals surface area (Å²) in [6.07, 6.45) is 5.79. The molecule has 16 rings (SSSR count). The molecule has 76 heavy (non-hydrogen) atoms. The summed E-state index contributed by atoms with van der Waals surface area (Å²) in [5.41, 5.74) is 26.8. The van der Waals surface area contributed by atoms with Crippen LogP contribution in [0.4, 0.5) is 0 Å². The van der Waals surface area contributed by atoms with Crippen LogP contribution in [0.5, 0.6) is 0 Å². The standard InChI is InChI=1S/4C17H17Si.2ClH.2Zr/c4*1-18(11-6-12-18)17-15-9-4-2-7-13(15)14-8-3-5-10-16(14)17;;;;/h4*2-5,7-9,17H,6,11-12H2,1H3;2*1H;;/q4*-1;;;2*+2/p-2. The van der Waals surface area contributed by atoms with Crippen LogP contribution in [0, 0.1) is 24.3 Å². The van der Waals surface area contributed by atoms with Gasteiger partial charge in [-0.05, 0) is 44.4 Å². The first-order valence-corrected chi connectivity index (χ1v) is 39.5. The minimum absolute atomic E-state index is 0. The van der Waals surface area contributed by atoms with Gasteiger partial charge in [0.2, 0.25) is 0 Å². The molecule has 4 unspecified atom stereocenters. The molecule has 0 N–H and O–H groups in total. The van der Waals surface area contributed by atoms with Crippen LogP contribution in [-0.2, 0) is 52.4 Å². The van der Waals surface area contributed by atoms with E-state index in [0.717, 1.165) is 0 Å². The molecule has 0 radical (unpaired) electrons. The van der Waals surface area contributed by atoms with E-state index in [0.29, 0.717) is 22.2 Å². The number of rotatable bonds is 4. The fraction of sp³-hybridized carbons (Fsp3) is 0.294. The van der Waals surface area contributed by atoms with E-state index in [1.807, 2.05) is 0 Å². The van der Waals surface area contributed by atoms with Gasteiger partial charge in [-0.2, -0.15) is 97.1 Å². The maximum Gasteiger partial charge on any atom is 2.00 e. The molecule has 0 nitrogen and oxygen atoms in total. The second-order valence-corrected chi connectivity index (χ2v) is 43.6. The third-order valence-corrected chi connectivity index (χ3v) is 39.7. The molecule has 0 saturated carbocycles. The summed E-state index contributed by atoms with van der Waals surface area (Å²) in [4.78, 5) is 0. The summed E-state index contributed by atoms with van der Waals surface area (Å²) in [5.74, 6) is 0. The first kappa shape index (κ1) is 57.7. The van der Waals surface area contributed by atoms with Crippen molar-refractivity contribution in [3.8, 4) is 44.5 Å². The molecule has 8 aliphatic rings. The Kier molecular flexibility index (Phi) is 17.6. The molecule has 4 atom stereocenters. The summed E-state index contributed by atoms with van der Waals surface area (Å²) in [6, 6.07) is 88.2. The zero-order chi connectivity index (χ0) is 48.7. The van der Waals surface area contributed by atoms with Gasteiger partial charge in [-0.25, -0.2) is 0 Å². The van der Waals surface area contributed by atoms with Crippen LogP contribution < -0.4 is 24.8 Å². The van der Waals surface area contributed by atoms with E-state index in [4.69, 9.17) is 0 Å². The molecule has 380 valence electrons. The topological polar surface area (TPSA) is 0 Å². The van der Waals surface area contributed by atoms with Crippen LogP contribution in [0.25, 0.3) is 44.5 Å². The third-order valence-electron chi connectivity index (χ3n) is 19.7. The molecule has 4 aliphatic heterocycles.